The summed E-state index contributed by atoms with van der Waals surface area (Å²) in [5.41, 5.74) is 1.66. The first-order valence-corrected chi connectivity index (χ1v) is 7.92. The molecule has 0 aliphatic rings. The van der Waals surface area contributed by atoms with Gasteiger partial charge in [0.15, 0.2) is 17.5 Å². The molecule has 4 rings (SSSR count). The zero-order valence-corrected chi connectivity index (χ0v) is 13.5. The Balaban J connectivity index is 1.70. The van der Waals surface area contributed by atoms with Gasteiger partial charge in [-0.2, -0.15) is 0 Å². The molecule has 128 valence electrons. The molecule has 0 fully saturated rings. The Bertz CT molecular complexity index is 1110. The van der Waals surface area contributed by atoms with E-state index in [4.69, 9.17) is 0 Å². The maximum atomic E-state index is 13.9. The average Bonchev–Trinajstić information content (AvgIpc) is 2.65. The standard InChI is InChI=1S/C20H12F3N3/c21-14-8-13(19(23)16(22)10-14)9-15-5-3-7-18(25-15)20-24-11-12-4-1-2-6-17(12)26-20/h1-8,10-11H,9H2. The molecule has 2 aromatic heterocycles. The van der Waals surface area contributed by atoms with Crippen molar-refractivity contribution in [1.82, 2.24) is 15.0 Å². The van der Waals surface area contributed by atoms with Gasteiger partial charge < -0.3 is 0 Å². The van der Waals surface area contributed by atoms with Crippen LogP contribution >= 0.6 is 0 Å². The molecule has 3 nitrogen and oxygen atoms in total. The lowest BCUT2D eigenvalue weighted by Gasteiger charge is -2.07. The van der Waals surface area contributed by atoms with Crippen molar-refractivity contribution in [1.29, 1.82) is 0 Å². The third kappa shape index (κ3) is 3.13. The largest absolute Gasteiger partial charge is 0.249 e. The lowest BCUT2D eigenvalue weighted by Crippen LogP contribution is -2.01. The van der Waals surface area contributed by atoms with E-state index >= 15 is 0 Å². The summed E-state index contributed by atoms with van der Waals surface area (Å²) in [7, 11) is 0. The number of benzene rings is 2. The second kappa shape index (κ2) is 6.55. The van der Waals surface area contributed by atoms with Crippen molar-refractivity contribution >= 4 is 10.9 Å². The smallest absolute Gasteiger partial charge is 0.178 e. The minimum atomic E-state index is -1.21. The van der Waals surface area contributed by atoms with E-state index < -0.39 is 17.5 Å². The molecule has 0 saturated carbocycles. The second-order valence-corrected chi connectivity index (χ2v) is 5.80. The first kappa shape index (κ1) is 16.2. The van der Waals surface area contributed by atoms with Crippen LogP contribution in [0.15, 0.2) is 60.8 Å². The predicted octanol–water partition coefficient (Wildman–Crippen LogP) is 4.70. The molecule has 4 aromatic rings. The van der Waals surface area contributed by atoms with E-state index in [1.54, 1.807) is 24.4 Å². The summed E-state index contributed by atoms with van der Waals surface area (Å²) < 4.78 is 40.6. The number of nitrogens with zero attached hydrogens (tertiary/aromatic N) is 3. The lowest BCUT2D eigenvalue weighted by atomic mass is 10.1. The van der Waals surface area contributed by atoms with Crippen LogP contribution in [0.2, 0.25) is 0 Å². The number of para-hydroxylation sites is 1. The highest BCUT2D eigenvalue weighted by Crippen LogP contribution is 2.20. The number of pyridine rings is 1. The highest BCUT2D eigenvalue weighted by atomic mass is 19.2. The normalized spacial score (nSPS) is 11.0. The van der Waals surface area contributed by atoms with Gasteiger partial charge in [-0.1, -0.05) is 24.3 Å². The molecule has 0 aliphatic heterocycles. The number of aromatic nitrogens is 3. The fraction of sp³-hybridized carbons (Fsp3) is 0.0500. The molecule has 0 spiro atoms. The van der Waals surface area contributed by atoms with Crippen LogP contribution in [-0.2, 0) is 6.42 Å². The summed E-state index contributed by atoms with van der Waals surface area (Å²) in [5, 5.41) is 0.907. The minimum absolute atomic E-state index is 0.0397. The number of hydrogen-bond acceptors (Lipinski definition) is 3. The van der Waals surface area contributed by atoms with Crippen LogP contribution in [0.3, 0.4) is 0 Å². The fourth-order valence-electron chi connectivity index (χ4n) is 2.73. The van der Waals surface area contributed by atoms with Crippen molar-refractivity contribution in [3.05, 3.63) is 89.5 Å². The van der Waals surface area contributed by atoms with Crippen molar-refractivity contribution in [3.8, 4) is 11.5 Å². The van der Waals surface area contributed by atoms with Gasteiger partial charge in [0.1, 0.15) is 11.5 Å². The molecule has 2 heterocycles. The van der Waals surface area contributed by atoms with Gasteiger partial charge in [0.25, 0.3) is 0 Å². The van der Waals surface area contributed by atoms with Crippen molar-refractivity contribution < 1.29 is 13.2 Å². The van der Waals surface area contributed by atoms with Crippen molar-refractivity contribution in [2.75, 3.05) is 0 Å². The molecule has 0 radical (unpaired) electrons. The van der Waals surface area contributed by atoms with Crippen LogP contribution in [0.5, 0.6) is 0 Å². The fourth-order valence-corrected chi connectivity index (χ4v) is 2.73. The zero-order valence-electron chi connectivity index (χ0n) is 13.5. The molecule has 6 heteroatoms. The Morgan fingerprint density at radius 1 is 0.846 bits per heavy atom. The number of hydrogen-bond donors (Lipinski definition) is 0. The first-order chi connectivity index (χ1) is 12.6. The van der Waals surface area contributed by atoms with E-state index in [-0.39, 0.29) is 12.0 Å². The van der Waals surface area contributed by atoms with Crippen molar-refractivity contribution in [2.45, 2.75) is 6.42 Å². The van der Waals surface area contributed by atoms with E-state index in [1.165, 1.54) is 0 Å². The van der Waals surface area contributed by atoms with Gasteiger partial charge in [-0.05, 0) is 29.8 Å². The molecule has 2 aromatic carbocycles. The second-order valence-electron chi connectivity index (χ2n) is 5.80. The highest BCUT2D eigenvalue weighted by molar-refractivity contribution is 5.79. The Kier molecular flexibility index (Phi) is 4.08. The lowest BCUT2D eigenvalue weighted by molar-refractivity contribution is 0.486. The van der Waals surface area contributed by atoms with E-state index in [9.17, 15) is 13.2 Å². The van der Waals surface area contributed by atoms with Gasteiger partial charge in [-0.25, -0.2) is 28.1 Å². The van der Waals surface area contributed by atoms with Crippen molar-refractivity contribution in [3.63, 3.8) is 0 Å². The zero-order chi connectivity index (χ0) is 18.1. The molecular weight excluding hydrogens is 339 g/mol. The maximum absolute atomic E-state index is 13.9. The van der Waals surface area contributed by atoms with E-state index in [2.05, 4.69) is 15.0 Å². The monoisotopic (exact) mass is 351 g/mol. The molecule has 0 atom stereocenters. The molecule has 0 aliphatic carbocycles. The van der Waals surface area contributed by atoms with Crippen LogP contribution in [0.4, 0.5) is 13.2 Å². The summed E-state index contributed by atoms with van der Waals surface area (Å²) in [6, 6.07) is 14.2. The third-order valence-electron chi connectivity index (χ3n) is 3.96. The summed E-state index contributed by atoms with van der Waals surface area (Å²) in [6.45, 7) is 0. The molecule has 0 unspecified atom stereocenters. The summed E-state index contributed by atoms with van der Waals surface area (Å²) in [4.78, 5) is 13.2. The van der Waals surface area contributed by atoms with Gasteiger partial charge in [0.2, 0.25) is 0 Å². The summed E-state index contributed by atoms with van der Waals surface area (Å²) >= 11 is 0. The molecule has 0 saturated heterocycles. The van der Waals surface area contributed by atoms with Crippen LogP contribution in [-0.4, -0.2) is 15.0 Å². The maximum Gasteiger partial charge on any atom is 0.178 e. The van der Waals surface area contributed by atoms with Crippen LogP contribution in [0.1, 0.15) is 11.3 Å². The van der Waals surface area contributed by atoms with Gasteiger partial charge >= 0.3 is 0 Å². The number of halogens is 3. The summed E-state index contributed by atoms with van der Waals surface area (Å²) in [6.07, 6.45) is 1.66. The number of fused-ring (bicyclic) bond motifs is 1. The molecule has 0 N–H and O–H groups in total. The minimum Gasteiger partial charge on any atom is -0.249 e. The summed E-state index contributed by atoms with van der Waals surface area (Å²) in [5.74, 6) is -2.68. The Morgan fingerprint density at radius 3 is 2.58 bits per heavy atom. The van der Waals surface area contributed by atoms with Crippen molar-refractivity contribution in [2.24, 2.45) is 0 Å². The Hall–Kier alpha value is -3.28. The quantitative estimate of drug-likeness (QED) is 0.502. The third-order valence-corrected chi connectivity index (χ3v) is 3.96. The molecular formula is C20H12F3N3. The van der Waals surface area contributed by atoms with Crippen LogP contribution in [0.25, 0.3) is 22.4 Å². The van der Waals surface area contributed by atoms with Gasteiger partial charge in [0.05, 0.1) is 5.52 Å². The molecule has 0 bridgehead atoms. The Labute approximate surface area is 147 Å². The van der Waals surface area contributed by atoms with Gasteiger partial charge in [-0.15, -0.1) is 0 Å². The highest BCUT2D eigenvalue weighted by Gasteiger charge is 2.13. The molecule has 26 heavy (non-hydrogen) atoms. The van der Waals surface area contributed by atoms with E-state index in [0.29, 0.717) is 23.3 Å². The predicted molar refractivity (Wildman–Crippen MR) is 91.9 cm³/mol. The topological polar surface area (TPSA) is 38.7 Å². The van der Waals surface area contributed by atoms with Gasteiger partial charge in [0, 0.05) is 29.8 Å². The van der Waals surface area contributed by atoms with Crippen LogP contribution < -0.4 is 0 Å². The SMILES string of the molecule is Fc1cc(F)c(F)c(Cc2cccc(-c3ncc4ccccc4n3)n2)c1. The Morgan fingerprint density at radius 2 is 1.69 bits per heavy atom. The van der Waals surface area contributed by atoms with Gasteiger partial charge in [-0.3, -0.25) is 0 Å². The van der Waals surface area contributed by atoms with E-state index in [1.807, 2.05) is 24.3 Å². The van der Waals surface area contributed by atoms with E-state index in [0.717, 1.165) is 17.0 Å². The molecule has 0 amide bonds. The van der Waals surface area contributed by atoms with Crippen LogP contribution in [0, 0.1) is 17.5 Å². The number of rotatable bonds is 3. The first-order valence-electron chi connectivity index (χ1n) is 7.92. The average molecular weight is 351 g/mol.